The molecule has 1 amide bonds. The molecule has 2 aromatic rings. The minimum Gasteiger partial charge on any atom is -0.481 e. The molecule has 4 rings (SSSR count). The van der Waals surface area contributed by atoms with Gasteiger partial charge in [0.05, 0.1) is 17.4 Å². The second-order valence-electron chi connectivity index (χ2n) is 8.75. The molecule has 1 saturated carbocycles. The molecule has 1 aliphatic heterocycles. The van der Waals surface area contributed by atoms with Gasteiger partial charge in [0.1, 0.15) is 0 Å². The van der Waals surface area contributed by atoms with Crippen molar-refractivity contribution in [2.24, 2.45) is 5.41 Å². The average Bonchev–Trinajstić information content (AvgIpc) is 2.64. The van der Waals surface area contributed by atoms with E-state index in [9.17, 15) is 14.7 Å². The van der Waals surface area contributed by atoms with E-state index in [1.165, 1.54) is 0 Å². The number of amides is 1. The maximum Gasteiger partial charge on any atom is 0.304 e. The quantitative estimate of drug-likeness (QED) is 0.600. The Morgan fingerprint density at radius 3 is 2.47 bits per heavy atom. The lowest BCUT2D eigenvalue weighted by Gasteiger charge is -2.55. The summed E-state index contributed by atoms with van der Waals surface area (Å²) in [5.41, 5.74) is 1.52. The van der Waals surface area contributed by atoms with Gasteiger partial charge in [-0.2, -0.15) is 0 Å². The number of carboxylic acids is 1. The molecule has 2 aromatic carbocycles. The molecule has 30 heavy (non-hydrogen) atoms. The fraction of sp³-hybridized carbons (Fsp3) is 0.417. The smallest absolute Gasteiger partial charge is 0.304 e. The third-order valence-corrected chi connectivity index (χ3v) is 7.29. The number of rotatable bonds is 5. The van der Waals surface area contributed by atoms with E-state index in [1.807, 2.05) is 41.3 Å². The summed E-state index contributed by atoms with van der Waals surface area (Å²) in [6, 6.07) is 13.4. The van der Waals surface area contributed by atoms with Crippen molar-refractivity contribution in [3.63, 3.8) is 0 Å². The molecular formula is C24H25Cl2NO3. The van der Waals surface area contributed by atoms with Gasteiger partial charge < -0.3 is 10.0 Å². The van der Waals surface area contributed by atoms with Crippen molar-refractivity contribution in [3.05, 3.63) is 58.1 Å². The highest BCUT2D eigenvalue weighted by Gasteiger charge is 2.53. The van der Waals surface area contributed by atoms with Crippen molar-refractivity contribution in [1.29, 1.82) is 0 Å². The first kappa shape index (κ1) is 21.2. The first-order chi connectivity index (χ1) is 14.3. The minimum absolute atomic E-state index is 0.0622. The highest BCUT2D eigenvalue weighted by Crippen LogP contribution is 2.53. The van der Waals surface area contributed by atoms with Gasteiger partial charge in [-0.1, -0.05) is 54.4 Å². The molecule has 1 aliphatic carbocycles. The van der Waals surface area contributed by atoms with Crippen LogP contribution in [0, 0.1) is 5.41 Å². The summed E-state index contributed by atoms with van der Waals surface area (Å²) in [5, 5.41) is 10.6. The largest absolute Gasteiger partial charge is 0.481 e. The highest BCUT2D eigenvalue weighted by atomic mass is 35.5. The van der Waals surface area contributed by atoms with Gasteiger partial charge in [0, 0.05) is 22.2 Å². The van der Waals surface area contributed by atoms with Crippen molar-refractivity contribution < 1.29 is 14.7 Å². The van der Waals surface area contributed by atoms with Gasteiger partial charge in [0.15, 0.2) is 0 Å². The van der Waals surface area contributed by atoms with Crippen molar-refractivity contribution in [1.82, 2.24) is 4.90 Å². The van der Waals surface area contributed by atoms with Crippen LogP contribution in [0.1, 0.15) is 51.0 Å². The summed E-state index contributed by atoms with van der Waals surface area (Å²) in [4.78, 5) is 27.0. The highest BCUT2D eigenvalue weighted by molar-refractivity contribution is 6.34. The van der Waals surface area contributed by atoms with Crippen LogP contribution in [-0.2, 0) is 15.1 Å². The topological polar surface area (TPSA) is 57.6 Å². The number of carbonyl (C=O) groups excluding carboxylic acids is 1. The van der Waals surface area contributed by atoms with E-state index in [2.05, 4.69) is 6.07 Å². The Morgan fingerprint density at radius 1 is 1.10 bits per heavy atom. The van der Waals surface area contributed by atoms with Crippen LogP contribution in [-0.4, -0.2) is 28.4 Å². The van der Waals surface area contributed by atoms with Crippen molar-refractivity contribution in [3.8, 4) is 11.1 Å². The van der Waals surface area contributed by atoms with E-state index in [4.69, 9.17) is 23.2 Å². The Bertz CT molecular complexity index is 1000. The third-order valence-electron chi connectivity index (χ3n) is 6.74. The molecule has 0 aromatic heterocycles. The summed E-state index contributed by atoms with van der Waals surface area (Å²) < 4.78 is 0. The zero-order valence-electron chi connectivity index (χ0n) is 17.0. The van der Waals surface area contributed by atoms with E-state index in [0.29, 0.717) is 23.0 Å². The Balaban J connectivity index is 1.82. The van der Waals surface area contributed by atoms with Gasteiger partial charge in [0.25, 0.3) is 0 Å². The molecule has 0 spiro atoms. The van der Waals surface area contributed by atoms with Gasteiger partial charge in [-0.15, -0.1) is 0 Å². The van der Waals surface area contributed by atoms with Crippen LogP contribution in [0.25, 0.3) is 11.1 Å². The molecule has 1 heterocycles. The Labute approximate surface area is 186 Å². The Kier molecular flexibility index (Phi) is 5.58. The SMILES string of the molecule is CC1(CC(=O)O)CCCN(C2(c3cccc(Cl)c3-c3cccc(Cl)c3)CCC2)C1=O. The molecule has 6 heteroatoms. The summed E-state index contributed by atoms with van der Waals surface area (Å²) in [7, 11) is 0. The van der Waals surface area contributed by atoms with E-state index in [-0.39, 0.29) is 12.3 Å². The van der Waals surface area contributed by atoms with Gasteiger partial charge in [-0.05, 0) is 61.4 Å². The van der Waals surface area contributed by atoms with Crippen molar-refractivity contribution in [2.45, 2.75) is 51.0 Å². The predicted molar refractivity (Wildman–Crippen MR) is 119 cm³/mol. The standard InChI is InChI=1S/C24H25Cl2NO3/c1-23(15-20(28)29)10-5-13-27(22(23)30)24(11-4-12-24)18-8-3-9-19(26)21(18)16-6-2-7-17(25)14-16/h2-3,6-9,14H,4-5,10-13,15H2,1H3,(H,28,29). The minimum atomic E-state index is -0.933. The second-order valence-corrected chi connectivity index (χ2v) is 9.59. The number of nitrogens with zero attached hydrogens (tertiary/aromatic N) is 1. The number of halogens is 2. The molecule has 1 atom stereocenters. The van der Waals surface area contributed by atoms with E-state index in [0.717, 1.165) is 42.4 Å². The normalized spacial score (nSPS) is 23.2. The molecule has 4 nitrogen and oxygen atoms in total. The number of piperidine rings is 1. The van der Waals surface area contributed by atoms with Crippen LogP contribution in [0.2, 0.25) is 10.0 Å². The van der Waals surface area contributed by atoms with Crippen molar-refractivity contribution in [2.75, 3.05) is 6.54 Å². The first-order valence-corrected chi connectivity index (χ1v) is 11.1. The summed E-state index contributed by atoms with van der Waals surface area (Å²) in [6.07, 6.45) is 3.95. The van der Waals surface area contributed by atoms with Gasteiger partial charge in [-0.25, -0.2) is 0 Å². The Morgan fingerprint density at radius 2 is 1.83 bits per heavy atom. The predicted octanol–water partition coefficient (Wildman–Crippen LogP) is 6.14. The molecule has 0 bridgehead atoms. The molecule has 1 unspecified atom stereocenters. The summed E-state index contributed by atoms with van der Waals surface area (Å²) in [5.74, 6) is -0.995. The van der Waals surface area contributed by atoms with Crippen LogP contribution in [0.4, 0.5) is 0 Å². The second kappa shape index (κ2) is 7.90. The summed E-state index contributed by atoms with van der Waals surface area (Å²) in [6.45, 7) is 2.42. The molecule has 2 aliphatic rings. The number of carbonyl (C=O) groups is 2. The Hall–Kier alpha value is -2.04. The van der Waals surface area contributed by atoms with E-state index < -0.39 is 16.9 Å². The fourth-order valence-corrected chi connectivity index (χ4v) is 5.59. The molecular weight excluding hydrogens is 421 g/mol. The van der Waals surface area contributed by atoms with E-state index in [1.54, 1.807) is 6.92 Å². The van der Waals surface area contributed by atoms with Gasteiger partial charge in [0.2, 0.25) is 5.91 Å². The lowest BCUT2D eigenvalue weighted by atomic mass is 9.66. The van der Waals surface area contributed by atoms with Crippen LogP contribution in [0.5, 0.6) is 0 Å². The molecule has 1 N–H and O–H groups in total. The average molecular weight is 446 g/mol. The van der Waals surface area contributed by atoms with Gasteiger partial charge in [-0.3, -0.25) is 9.59 Å². The van der Waals surface area contributed by atoms with Crippen LogP contribution < -0.4 is 0 Å². The number of hydrogen-bond donors (Lipinski definition) is 1. The number of benzene rings is 2. The van der Waals surface area contributed by atoms with Gasteiger partial charge >= 0.3 is 5.97 Å². The van der Waals surface area contributed by atoms with Crippen LogP contribution in [0.15, 0.2) is 42.5 Å². The third kappa shape index (κ3) is 3.50. The maximum atomic E-state index is 13.6. The molecule has 2 fully saturated rings. The fourth-order valence-electron chi connectivity index (χ4n) is 5.11. The number of likely N-dealkylation sites (tertiary alicyclic amines) is 1. The lowest BCUT2D eigenvalue weighted by Crippen LogP contribution is -2.60. The summed E-state index contributed by atoms with van der Waals surface area (Å²) >= 11 is 12.9. The van der Waals surface area contributed by atoms with E-state index >= 15 is 0 Å². The zero-order valence-corrected chi connectivity index (χ0v) is 18.5. The van der Waals surface area contributed by atoms with Crippen molar-refractivity contribution >= 4 is 35.1 Å². The lowest BCUT2D eigenvalue weighted by molar-refractivity contribution is -0.163. The zero-order chi connectivity index (χ0) is 21.5. The number of carboxylic acid groups (broad SMARTS) is 1. The number of hydrogen-bond acceptors (Lipinski definition) is 2. The van der Waals surface area contributed by atoms with Crippen LogP contribution in [0.3, 0.4) is 0 Å². The first-order valence-electron chi connectivity index (χ1n) is 10.4. The molecule has 1 saturated heterocycles. The number of aliphatic carboxylic acids is 1. The molecule has 158 valence electrons. The monoisotopic (exact) mass is 445 g/mol. The van der Waals surface area contributed by atoms with Crippen LogP contribution >= 0.6 is 23.2 Å². The molecule has 0 radical (unpaired) electrons. The maximum absolute atomic E-state index is 13.6.